The van der Waals surface area contributed by atoms with E-state index in [1.807, 2.05) is 0 Å². The van der Waals surface area contributed by atoms with Gasteiger partial charge in [0.25, 0.3) is 11.4 Å². The van der Waals surface area contributed by atoms with E-state index in [0.29, 0.717) is 16.9 Å². The maximum absolute atomic E-state index is 10.7. The summed E-state index contributed by atoms with van der Waals surface area (Å²) < 4.78 is 5.65. The lowest BCUT2D eigenvalue weighted by atomic mass is 10.2. The molecule has 1 heterocycles. The molecule has 10 nitrogen and oxygen atoms in total. The van der Waals surface area contributed by atoms with Crippen LogP contribution in [0.5, 0.6) is 5.75 Å². The van der Waals surface area contributed by atoms with Crippen LogP contribution in [-0.2, 0) is 6.61 Å². The molecule has 1 N–H and O–H groups in total. The van der Waals surface area contributed by atoms with Gasteiger partial charge in [0.05, 0.1) is 26.1 Å². The number of rotatable bonds is 8. The van der Waals surface area contributed by atoms with E-state index in [1.165, 1.54) is 30.5 Å². The molecule has 0 saturated heterocycles. The fourth-order valence-corrected chi connectivity index (χ4v) is 3.01. The second kappa shape index (κ2) is 9.83. The number of hydrogen-bond donors (Lipinski definition) is 1. The number of halogens is 2. The standard InChI is InChI=1S/C19H13Cl2N5O5/c20-16-7-13(9-23-24-18-6-5-15(10-22-18)26(29)30)8-17(21)19(16)31-11-12-1-3-14(4-2-12)25(27)28/h1-10H,11H2,(H,22,24)/b23-9+. The highest BCUT2D eigenvalue weighted by Gasteiger charge is 2.11. The van der Waals surface area contributed by atoms with Gasteiger partial charge in [0.15, 0.2) is 5.75 Å². The van der Waals surface area contributed by atoms with Gasteiger partial charge in [0.2, 0.25) is 0 Å². The predicted molar refractivity (Wildman–Crippen MR) is 116 cm³/mol. The van der Waals surface area contributed by atoms with Crippen LogP contribution in [-0.4, -0.2) is 21.0 Å². The molecule has 0 aliphatic heterocycles. The van der Waals surface area contributed by atoms with Crippen molar-refractivity contribution in [2.24, 2.45) is 5.10 Å². The van der Waals surface area contributed by atoms with Crippen molar-refractivity contribution in [3.8, 4) is 5.75 Å². The Balaban J connectivity index is 1.63. The van der Waals surface area contributed by atoms with Crippen LogP contribution in [0.4, 0.5) is 17.2 Å². The number of ether oxygens (including phenoxy) is 1. The average molecular weight is 462 g/mol. The molecule has 3 aromatic rings. The molecular formula is C19H13Cl2N5O5. The van der Waals surface area contributed by atoms with E-state index in [-0.39, 0.29) is 33.8 Å². The molecule has 3 rings (SSSR count). The van der Waals surface area contributed by atoms with Crippen LogP contribution < -0.4 is 10.2 Å². The van der Waals surface area contributed by atoms with Crippen molar-refractivity contribution in [2.45, 2.75) is 6.61 Å². The Morgan fingerprint density at radius 2 is 1.61 bits per heavy atom. The maximum Gasteiger partial charge on any atom is 0.287 e. The molecule has 0 saturated carbocycles. The third-order valence-electron chi connectivity index (χ3n) is 3.90. The molecule has 12 heteroatoms. The van der Waals surface area contributed by atoms with Gasteiger partial charge < -0.3 is 4.74 Å². The first-order valence-corrected chi connectivity index (χ1v) is 9.34. The number of nitrogens with one attached hydrogen (secondary N) is 1. The molecule has 0 atom stereocenters. The number of hydrogen-bond acceptors (Lipinski definition) is 8. The minimum atomic E-state index is -0.546. The number of pyridine rings is 1. The number of non-ortho nitro benzene ring substituents is 1. The molecular weight excluding hydrogens is 449 g/mol. The minimum Gasteiger partial charge on any atom is -0.486 e. The Morgan fingerprint density at radius 1 is 1.00 bits per heavy atom. The summed E-state index contributed by atoms with van der Waals surface area (Å²) in [4.78, 5) is 24.2. The fraction of sp³-hybridized carbons (Fsp3) is 0.0526. The largest absolute Gasteiger partial charge is 0.486 e. The topological polar surface area (TPSA) is 133 Å². The SMILES string of the molecule is O=[N+]([O-])c1ccc(COc2c(Cl)cc(/C=N/Nc3ccc([N+](=O)[O-])cn3)cc2Cl)cc1. The van der Waals surface area contributed by atoms with E-state index in [4.69, 9.17) is 27.9 Å². The first-order chi connectivity index (χ1) is 14.8. The van der Waals surface area contributed by atoms with Crippen LogP contribution in [0, 0.1) is 20.2 Å². The molecule has 0 fully saturated rings. The van der Waals surface area contributed by atoms with Crippen molar-refractivity contribution in [1.82, 2.24) is 4.98 Å². The van der Waals surface area contributed by atoms with E-state index in [2.05, 4.69) is 15.5 Å². The van der Waals surface area contributed by atoms with Crippen molar-refractivity contribution in [1.29, 1.82) is 0 Å². The van der Waals surface area contributed by atoms with E-state index in [0.717, 1.165) is 6.20 Å². The summed E-state index contributed by atoms with van der Waals surface area (Å²) in [6, 6.07) is 11.8. The summed E-state index contributed by atoms with van der Waals surface area (Å²) in [7, 11) is 0. The second-order valence-corrected chi connectivity index (χ2v) is 6.87. The maximum atomic E-state index is 10.7. The molecule has 2 aromatic carbocycles. The van der Waals surface area contributed by atoms with Crippen LogP contribution in [0.3, 0.4) is 0 Å². The van der Waals surface area contributed by atoms with Crippen LogP contribution in [0.2, 0.25) is 10.0 Å². The molecule has 31 heavy (non-hydrogen) atoms. The zero-order valence-electron chi connectivity index (χ0n) is 15.6. The first-order valence-electron chi connectivity index (χ1n) is 8.58. The summed E-state index contributed by atoms with van der Waals surface area (Å²) in [5.74, 6) is 0.589. The third-order valence-corrected chi connectivity index (χ3v) is 4.46. The zero-order valence-corrected chi connectivity index (χ0v) is 17.1. The lowest BCUT2D eigenvalue weighted by molar-refractivity contribution is -0.385. The number of hydrazone groups is 1. The summed E-state index contributed by atoms with van der Waals surface area (Å²) in [5, 5.41) is 25.8. The summed E-state index contributed by atoms with van der Waals surface area (Å²) in [6.45, 7) is 0.123. The van der Waals surface area contributed by atoms with Crippen molar-refractivity contribution < 1.29 is 14.6 Å². The quantitative estimate of drug-likeness (QED) is 0.275. The monoisotopic (exact) mass is 461 g/mol. The number of anilines is 1. The second-order valence-electron chi connectivity index (χ2n) is 6.05. The number of benzene rings is 2. The van der Waals surface area contributed by atoms with Crippen molar-refractivity contribution in [3.63, 3.8) is 0 Å². The summed E-state index contributed by atoms with van der Waals surface area (Å²) >= 11 is 12.5. The normalized spacial score (nSPS) is 10.8. The van der Waals surface area contributed by atoms with Gasteiger partial charge in [0.1, 0.15) is 18.6 Å². The van der Waals surface area contributed by atoms with Crippen molar-refractivity contribution in [3.05, 3.63) is 96.1 Å². The van der Waals surface area contributed by atoms with Crippen molar-refractivity contribution in [2.75, 3.05) is 5.43 Å². The predicted octanol–water partition coefficient (Wildman–Crippen LogP) is 5.23. The molecule has 158 valence electrons. The highest BCUT2D eigenvalue weighted by atomic mass is 35.5. The van der Waals surface area contributed by atoms with E-state index < -0.39 is 9.85 Å². The molecule has 0 spiro atoms. The van der Waals surface area contributed by atoms with Crippen LogP contribution in [0.15, 0.2) is 59.8 Å². The van der Waals surface area contributed by atoms with E-state index >= 15 is 0 Å². The van der Waals surface area contributed by atoms with E-state index in [9.17, 15) is 20.2 Å². The van der Waals surface area contributed by atoms with Gasteiger partial charge in [-0.15, -0.1) is 0 Å². The van der Waals surface area contributed by atoms with Gasteiger partial charge >= 0.3 is 0 Å². The number of aromatic nitrogens is 1. The average Bonchev–Trinajstić information content (AvgIpc) is 2.74. The Hall–Kier alpha value is -3.76. The van der Waals surface area contributed by atoms with Crippen LogP contribution >= 0.6 is 23.2 Å². The highest BCUT2D eigenvalue weighted by molar-refractivity contribution is 6.37. The van der Waals surface area contributed by atoms with Gasteiger partial charge in [-0.3, -0.25) is 25.7 Å². The molecule has 0 radical (unpaired) electrons. The Morgan fingerprint density at radius 3 is 2.16 bits per heavy atom. The molecule has 0 amide bonds. The van der Waals surface area contributed by atoms with Gasteiger partial charge in [-0.1, -0.05) is 23.2 Å². The Kier molecular flexibility index (Phi) is 6.96. The van der Waals surface area contributed by atoms with Crippen molar-refractivity contribution >= 4 is 46.6 Å². The Labute approximate surface area is 185 Å². The van der Waals surface area contributed by atoms with Gasteiger partial charge in [-0.05, 0) is 41.5 Å². The zero-order chi connectivity index (χ0) is 22.4. The van der Waals surface area contributed by atoms with Crippen LogP contribution in [0.1, 0.15) is 11.1 Å². The molecule has 1 aromatic heterocycles. The molecule has 0 bridgehead atoms. The lowest BCUT2D eigenvalue weighted by Crippen LogP contribution is -1.98. The summed E-state index contributed by atoms with van der Waals surface area (Å²) in [5.41, 5.74) is 3.79. The lowest BCUT2D eigenvalue weighted by Gasteiger charge is -2.11. The molecule has 0 aliphatic rings. The number of nitro groups is 2. The van der Waals surface area contributed by atoms with E-state index in [1.54, 1.807) is 24.3 Å². The van der Waals surface area contributed by atoms with Gasteiger partial charge in [-0.25, -0.2) is 4.98 Å². The first kappa shape index (κ1) is 21.9. The highest BCUT2D eigenvalue weighted by Crippen LogP contribution is 2.34. The fourth-order valence-electron chi connectivity index (χ4n) is 2.39. The minimum absolute atomic E-state index is 0.0130. The molecule has 0 aliphatic carbocycles. The van der Waals surface area contributed by atoms with Crippen LogP contribution in [0.25, 0.3) is 0 Å². The third kappa shape index (κ3) is 5.87. The smallest absolute Gasteiger partial charge is 0.287 e. The Bertz CT molecular complexity index is 1110. The van der Waals surface area contributed by atoms with Gasteiger partial charge in [-0.2, -0.15) is 5.10 Å². The number of nitrogens with zero attached hydrogens (tertiary/aromatic N) is 4. The summed E-state index contributed by atoms with van der Waals surface area (Å²) in [6.07, 6.45) is 2.56. The molecule has 0 unspecified atom stereocenters. The van der Waals surface area contributed by atoms with Gasteiger partial charge in [0, 0.05) is 18.2 Å². The number of nitro benzene ring substituents is 1.